The van der Waals surface area contributed by atoms with Crippen molar-refractivity contribution in [2.24, 2.45) is 0 Å². The third kappa shape index (κ3) is 6.24. The van der Waals surface area contributed by atoms with Crippen molar-refractivity contribution in [1.82, 2.24) is 14.4 Å². The van der Waals surface area contributed by atoms with Gasteiger partial charge in [0.15, 0.2) is 0 Å². The summed E-state index contributed by atoms with van der Waals surface area (Å²) >= 11 is 4.82. The van der Waals surface area contributed by atoms with Crippen LogP contribution in [0.2, 0.25) is 0 Å². The molecule has 0 spiro atoms. The van der Waals surface area contributed by atoms with E-state index in [2.05, 4.69) is 20.5 Å². The fourth-order valence-corrected chi connectivity index (χ4v) is 3.18. The van der Waals surface area contributed by atoms with Crippen LogP contribution in [0.5, 0.6) is 0 Å². The molecular formula is C9H15N3OS3. The first-order valence-electron chi connectivity index (χ1n) is 4.89. The molecule has 1 aromatic heterocycles. The Kier molecular flexibility index (Phi) is 7.45. The lowest BCUT2D eigenvalue weighted by molar-refractivity contribution is 0.248. The van der Waals surface area contributed by atoms with E-state index in [9.17, 15) is 4.79 Å². The SMILES string of the molecule is CNC(=O)NSCCSCCc1ccsn1. The zero-order valence-corrected chi connectivity index (χ0v) is 11.5. The summed E-state index contributed by atoms with van der Waals surface area (Å²) < 4.78 is 6.92. The molecule has 0 aliphatic carbocycles. The Morgan fingerprint density at radius 1 is 1.50 bits per heavy atom. The highest BCUT2D eigenvalue weighted by Crippen LogP contribution is 2.08. The molecule has 0 saturated carbocycles. The monoisotopic (exact) mass is 277 g/mol. The number of aromatic nitrogens is 1. The zero-order valence-electron chi connectivity index (χ0n) is 9.06. The van der Waals surface area contributed by atoms with E-state index in [0.29, 0.717) is 0 Å². The van der Waals surface area contributed by atoms with Gasteiger partial charge in [-0.25, -0.2) is 4.79 Å². The largest absolute Gasteiger partial charge is 0.341 e. The normalized spacial score (nSPS) is 10.1. The smallest absolute Gasteiger partial charge is 0.324 e. The van der Waals surface area contributed by atoms with E-state index in [1.54, 1.807) is 7.05 Å². The van der Waals surface area contributed by atoms with E-state index in [0.717, 1.165) is 23.7 Å². The minimum Gasteiger partial charge on any atom is -0.341 e. The van der Waals surface area contributed by atoms with Gasteiger partial charge >= 0.3 is 6.03 Å². The Morgan fingerprint density at radius 3 is 3.06 bits per heavy atom. The number of amides is 2. The van der Waals surface area contributed by atoms with Crippen molar-refractivity contribution in [2.75, 3.05) is 24.3 Å². The molecule has 0 bridgehead atoms. The molecule has 2 N–H and O–H groups in total. The molecule has 1 heterocycles. The molecule has 90 valence electrons. The van der Waals surface area contributed by atoms with Gasteiger partial charge in [0.2, 0.25) is 0 Å². The van der Waals surface area contributed by atoms with E-state index in [1.807, 2.05) is 17.1 Å². The molecular weight excluding hydrogens is 262 g/mol. The summed E-state index contributed by atoms with van der Waals surface area (Å²) in [5.74, 6) is 3.05. The third-order valence-corrected chi connectivity index (χ3v) is 4.30. The van der Waals surface area contributed by atoms with Crippen molar-refractivity contribution in [1.29, 1.82) is 0 Å². The number of rotatable bonds is 7. The zero-order chi connectivity index (χ0) is 11.6. The molecule has 0 saturated heterocycles. The van der Waals surface area contributed by atoms with Crippen molar-refractivity contribution in [3.8, 4) is 0 Å². The average Bonchev–Trinajstić information content (AvgIpc) is 2.80. The van der Waals surface area contributed by atoms with E-state index in [4.69, 9.17) is 0 Å². The highest BCUT2D eigenvalue weighted by molar-refractivity contribution is 8.02. The van der Waals surface area contributed by atoms with Gasteiger partial charge in [-0.1, -0.05) is 0 Å². The predicted octanol–water partition coefficient (Wildman–Crippen LogP) is 2.00. The molecule has 1 rings (SSSR count). The Balaban J connectivity index is 1.87. The minimum absolute atomic E-state index is 0.141. The highest BCUT2D eigenvalue weighted by atomic mass is 32.2. The van der Waals surface area contributed by atoms with Crippen LogP contribution in [0.1, 0.15) is 5.69 Å². The molecule has 1 aromatic rings. The molecule has 4 nitrogen and oxygen atoms in total. The molecule has 0 radical (unpaired) electrons. The van der Waals surface area contributed by atoms with Crippen molar-refractivity contribution in [3.05, 3.63) is 17.1 Å². The fourth-order valence-electron chi connectivity index (χ4n) is 0.914. The number of hydrogen-bond donors (Lipinski definition) is 2. The summed E-state index contributed by atoms with van der Waals surface area (Å²) in [6, 6.07) is 1.92. The number of hydrogen-bond acceptors (Lipinski definition) is 5. The van der Waals surface area contributed by atoms with Crippen LogP contribution >= 0.6 is 35.2 Å². The molecule has 2 amide bonds. The lowest BCUT2D eigenvalue weighted by Crippen LogP contribution is -2.27. The maximum absolute atomic E-state index is 10.8. The van der Waals surface area contributed by atoms with Gasteiger partial charge in [0, 0.05) is 23.9 Å². The van der Waals surface area contributed by atoms with Gasteiger partial charge in [-0.3, -0.25) is 4.72 Å². The van der Waals surface area contributed by atoms with Gasteiger partial charge in [0.1, 0.15) is 0 Å². The fraction of sp³-hybridized carbons (Fsp3) is 0.556. The number of carbonyl (C=O) groups is 1. The van der Waals surface area contributed by atoms with Crippen LogP contribution in [0.4, 0.5) is 4.79 Å². The lowest BCUT2D eigenvalue weighted by Gasteiger charge is -2.02. The van der Waals surface area contributed by atoms with Crippen LogP contribution in [0.3, 0.4) is 0 Å². The summed E-state index contributed by atoms with van der Waals surface area (Å²) in [5.41, 5.74) is 1.17. The van der Waals surface area contributed by atoms with E-state index < -0.39 is 0 Å². The number of nitrogens with one attached hydrogen (secondary N) is 2. The van der Waals surface area contributed by atoms with Gasteiger partial charge in [0.25, 0.3) is 0 Å². The first-order chi connectivity index (χ1) is 7.83. The summed E-state index contributed by atoms with van der Waals surface area (Å²) in [7, 11) is 1.61. The minimum atomic E-state index is -0.141. The number of aryl methyl sites for hydroxylation is 1. The molecule has 0 aliphatic rings. The molecule has 7 heteroatoms. The number of thioether (sulfide) groups is 1. The number of carbonyl (C=O) groups excluding carboxylic acids is 1. The number of urea groups is 1. The topological polar surface area (TPSA) is 54.0 Å². The highest BCUT2D eigenvalue weighted by Gasteiger charge is 1.97. The van der Waals surface area contributed by atoms with E-state index in [1.165, 1.54) is 29.2 Å². The molecule has 0 atom stereocenters. The summed E-state index contributed by atoms with van der Waals surface area (Å²) in [5, 5.41) is 4.50. The lowest BCUT2D eigenvalue weighted by atomic mass is 10.3. The van der Waals surface area contributed by atoms with Crippen LogP contribution in [0.25, 0.3) is 0 Å². The van der Waals surface area contributed by atoms with Crippen molar-refractivity contribution in [2.45, 2.75) is 6.42 Å². The Labute approximate surface area is 108 Å². The standard InChI is InChI=1S/C9H15N3OS3/c1-10-9(13)12-16-7-6-14-4-2-8-3-5-15-11-8/h3,5H,2,4,6-7H2,1H3,(H2,10,12,13). The van der Waals surface area contributed by atoms with Crippen LogP contribution in [-0.2, 0) is 6.42 Å². The third-order valence-electron chi connectivity index (χ3n) is 1.72. The van der Waals surface area contributed by atoms with Crippen LogP contribution in [0, 0.1) is 0 Å². The first kappa shape index (κ1) is 13.7. The summed E-state index contributed by atoms with van der Waals surface area (Å²) in [6.07, 6.45) is 1.03. The molecule has 0 aliphatic heterocycles. The van der Waals surface area contributed by atoms with Crippen molar-refractivity contribution >= 4 is 41.3 Å². The maximum Gasteiger partial charge on any atom is 0.324 e. The maximum atomic E-state index is 10.8. The van der Waals surface area contributed by atoms with Gasteiger partial charge in [-0.05, 0) is 41.7 Å². The van der Waals surface area contributed by atoms with Gasteiger partial charge in [0.05, 0.1) is 5.69 Å². The quantitative estimate of drug-likeness (QED) is 0.591. The van der Waals surface area contributed by atoms with Gasteiger partial charge < -0.3 is 5.32 Å². The van der Waals surface area contributed by atoms with Gasteiger partial charge in [-0.2, -0.15) is 16.1 Å². The summed E-state index contributed by atoms with van der Waals surface area (Å²) in [6.45, 7) is 0. The van der Waals surface area contributed by atoms with E-state index >= 15 is 0 Å². The Morgan fingerprint density at radius 2 is 2.38 bits per heavy atom. The second kappa shape index (κ2) is 8.72. The van der Waals surface area contributed by atoms with Crippen LogP contribution in [0.15, 0.2) is 11.4 Å². The van der Waals surface area contributed by atoms with Crippen LogP contribution in [-0.4, -0.2) is 34.7 Å². The molecule has 0 unspecified atom stereocenters. The Hall–Kier alpha value is -0.400. The second-order valence-corrected chi connectivity index (χ2v) is 5.67. The Bertz CT molecular complexity index is 292. The average molecular weight is 277 g/mol. The predicted molar refractivity (Wildman–Crippen MR) is 73.2 cm³/mol. The molecule has 16 heavy (non-hydrogen) atoms. The first-order valence-corrected chi connectivity index (χ1v) is 7.87. The van der Waals surface area contributed by atoms with Crippen molar-refractivity contribution < 1.29 is 4.79 Å². The van der Waals surface area contributed by atoms with Crippen molar-refractivity contribution in [3.63, 3.8) is 0 Å². The summed E-state index contributed by atoms with van der Waals surface area (Å²) in [4.78, 5) is 10.8. The van der Waals surface area contributed by atoms with Gasteiger partial charge in [-0.15, -0.1) is 0 Å². The van der Waals surface area contributed by atoms with E-state index in [-0.39, 0.29) is 6.03 Å². The molecule has 0 aromatic carbocycles. The number of nitrogens with zero attached hydrogens (tertiary/aromatic N) is 1. The second-order valence-electron chi connectivity index (χ2n) is 2.88. The molecule has 0 fully saturated rings. The van der Waals surface area contributed by atoms with Crippen LogP contribution < -0.4 is 10.0 Å².